The molecule has 4 rings (SSSR count). The molecular weight excluding hydrogens is 298 g/mol. The van der Waals surface area contributed by atoms with Crippen molar-refractivity contribution in [2.45, 2.75) is 25.0 Å². The van der Waals surface area contributed by atoms with Crippen LogP contribution in [0.4, 0.5) is 0 Å². The number of aliphatic hydroxyl groups is 1. The van der Waals surface area contributed by atoms with Gasteiger partial charge in [0.25, 0.3) is 5.91 Å². The van der Waals surface area contributed by atoms with Crippen molar-refractivity contribution in [3.8, 4) is 0 Å². The first kappa shape index (κ1) is 14.1. The van der Waals surface area contributed by atoms with Gasteiger partial charge in [-0.2, -0.15) is 0 Å². The summed E-state index contributed by atoms with van der Waals surface area (Å²) in [6.45, 7) is 1.98. The van der Waals surface area contributed by atoms with Crippen LogP contribution in [0.2, 0.25) is 0 Å². The Morgan fingerprint density at radius 3 is 3.00 bits per heavy atom. The first-order chi connectivity index (χ1) is 10.7. The number of nitrogens with zero attached hydrogens (tertiary/aromatic N) is 1. The second kappa shape index (κ2) is 5.61. The maximum absolute atomic E-state index is 12.6. The number of fused-ring (bicyclic) bond motifs is 2. The first-order valence-corrected chi connectivity index (χ1v) is 8.62. The van der Waals surface area contributed by atoms with Gasteiger partial charge in [0.2, 0.25) is 0 Å². The summed E-state index contributed by atoms with van der Waals surface area (Å²) in [6.07, 6.45) is 1.17. The van der Waals surface area contributed by atoms with Gasteiger partial charge in [-0.15, -0.1) is 11.3 Å². The molecule has 2 fully saturated rings. The van der Waals surface area contributed by atoms with E-state index in [9.17, 15) is 9.90 Å². The van der Waals surface area contributed by atoms with Crippen LogP contribution in [0.15, 0.2) is 23.7 Å². The molecule has 116 valence electrons. The Morgan fingerprint density at radius 1 is 1.32 bits per heavy atom. The van der Waals surface area contributed by atoms with E-state index in [0.717, 1.165) is 36.1 Å². The number of hydrogen-bond acceptors (Lipinski definition) is 5. The number of aromatic nitrogens is 1. The molecule has 1 aliphatic carbocycles. The number of carbonyl (C=O) groups is 1. The van der Waals surface area contributed by atoms with Gasteiger partial charge >= 0.3 is 0 Å². The van der Waals surface area contributed by atoms with Crippen molar-refractivity contribution in [3.05, 3.63) is 29.3 Å². The van der Waals surface area contributed by atoms with E-state index >= 15 is 0 Å². The second-order valence-corrected chi connectivity index (χ2v) is 7.16. The zero-order chi connectivity index (χ0) is 15.1. The van der Waals surface area contributed by atoms with Crippen LogP contribution in [-0.4, -0.2) is 41.2 Å². The Hall–Kier alpha value is -1.50. The molecule has 3 N–H and O–H groups in total. The lowest BCUT2D eigenvalue weighted by atomic mass is 9.77. The van der Waals surface area contributed by atoms with Gasteiger partial charge in [-0.25, -0.2) is 4.98 Å². The highest BCUT2D eigenvalue weighted by molar-refractivity contribution is 7.17. The third kappa shape index (κ3) is 2.41. The van der Waals surface area contributed by atoms with Crippen molar-refractivity contribution < 1.29 is 9.90 Å². The van der Waals surface area contributed by atoms with E-state index in [1.54, 1.807) is 5.51 Å². The second-order valence-electron chi connectivity index (χ2n) is 6.30. The van der Waals surface area contributed by atoms with E-state index in [0.29, 0.717) is 17.4 Å². The maximum atomic E-state index is 12.6. The Kier molecular flexibility index (Phi) is 3.60. The lowest BCUT2D eigenvalue weighted by Crippen LogP contribution is -2.49. The Morgan fingerprint density at radius 2 is 2.14 bits per heavy atom. The number of benzene rings is 1. The van der Waals surface area contributed by atoms with Crippen molar-refractivity contribution in [2.75, 3.05) is 13.1 Å². The molecule has 1 saturated carbocycles. The third-order valence-corrected chi connectivity index (χ3v) is 5.84. The van der Waals surface area contributed by atoms with Gasteiger partial charge in [0.05, 0.1) is 33.4 Å². The van der Waals surface area contributed by atoms with E-state index in [1.807, 2.05) is 18.2 Å². The number of carbonyl (C=O) groups excluding carboxylic acids is 1. The smallest absolute Gasteiger partial charge is 0.253 e. The van der Waals surface area contributed by atoms with Crippen LogP contribution in [0, 0.1) is 11.8 Å². The van der Waals surface area contributed by atoms with E-state index in [2.05, 4.69) is 15.6 Å². The van der Waals surface area contributed by atoms with Gasteiger partial charge in [0.15, 0.2) is 0 Å². The Labute approximate surface area is 132 Å². The monoisotopic (exact) mass is 317 g/mol. The molecule has 0 radical (unpaired) electrons. The fourth-order valence-electron chi connectivity index (χ4n) is 3.76. The standard InChI is InChI=1S/C16H19N3O2S/c20-14-5-10-7-17-6-9(10)4-13(14)19-16(21)11-2-1-3-12-15(11)22-8-18-12/h1-3,8-10,13-14,17,20H,4-7H2,(H,19,21)/t9-,10+,13-,14-/m0/s1. The van der Waals surface area contributed by atoms with Crippen LogP contribution in [0.5, 0.6) is 0 Å². The highest BCUT2D eigenvalue weighted by Gasteiger charge is 2.39. The summed E-state index contributed by atoms with van der Waals surface area (Å²) in [7, 11) is 0. The number of nitrogens with one attached hydrogen (secondary N) is 2. The van der Waals surface area contributed by atoms with Crippen LogP contribution < -0.4 is 10.6 Å². The van der Waals surface area contributed by atoms with Gasteiger partial charge < -0.3 is 15.7 Å². The normalized spacial score (nSPS) is 31.1. The number of rotatable bonds is 2. The van der Waals surface area contributed by atoms with Gasteiger partial charge in [0, 0.05) is 0 Å². The molecular formula is C16H19N3O2S. The van der Waals surface area contributed by atoms with E-state index in [4.69, 9.17) is 0 Å². The minimum atomic E-state index is -0.453. The van der Waals surface area contributed by atoms with Crippen LogP contribution in [0.25, 0.3) is 10.2 Å². The molecule has 2 heterocycles. The molecule has 6 heteroatoms. The zero-order valence-electron chi connectivity index (χ0n) is 12.2. The topological polar surface area (TPSA) is 74.2 Å². The van der Waals surface area contributed by atoms with Gasteiger partial charge in [-0.1, -0.05) is 6.07 Å². The summed E-state index contributed by atoms with van der Waals surface area (Å²) in [4.78, 5) is 16.9. The molecule has 4 atom stereocenters. The van der Waals surface area contributed by atoms with Crippen molar-refractivity contribution in [3.63, 3.8) is 0 Å². The number of amides is 1. The van der Waals surface area contributed by atoms with Gasteiger partial charge in [-0.3, -0.25) is 4.79 Å². The van der Waals surface area contributed by atoms with Crippen LogP contribution in [-0.2, 0) is 0 Å². The largest absolute Gasteiger partial charge is 0.391 e. The predicted molar refractivity (Wildman–Crippen MR) is 86.0 cm³/mol. The minimum absolute atomic E-state index is 0.108. The fraction of sp³-hybridized carbons (Fsp3) is 0.500. The van der Waals surface area contributed by atoms with Crippen LogP contribution >= 0.6 is 11.3 Å². The van der Waals surface area contributed by atoms with E-state index in [-0.39, 0.29) is 11.9 Å². The maximum Gasteiger partial charge on any atom is 0.253 e. The van der Waals surface area contributed by atoms with Gasteiger partial charge in [0.1, 0.15) is 0 Å². The van der Waals surface area contributed by atoms with E-state index in [1.165, 1.54) is 11.3 Å². The van der Waals surface area contributed by atoms with Crippen LogP contribution in [0.3, 0.4) is 0 Å². The minimum Gasteiger partial charge on any atom is -0.391 e. The molecule has 1 aliphatic heterocycles. The third-order valence-electron chi connectivity index (χ3n) is 4.96. The quantitative estimate of drug-likeness (QED) is 0.782. The molecule has 2 aromatic rings. The molecule has 1 saturated heterocycles. The molecule has 0 spiro atoms. The average molecular weight is 317 g/mol. The lowest BCUT2D eigenvalue weighted by Gasteiger charge is -2.35. The molecule has 22 heavy (non-hydrogen) atoms. The molecule has 1 amide bonds. The summed E-state index contributed by atoms with van der Waals surface area (Å²) in [5.41, 5.74) is 3.26. The number of hydrogen-bond donors (Lipinski definition) is 3. The Balaban J connectivity index is 1.53. The fourth-order valence-corrected chi connectivity index (χ4v) is 4.56. The first-order valence-electron chi connectivity index (χ1n) is 7.74. The van der Waals surface area contributed by atoms with Crippen molar-refractivity contribution >= 4 is 27.5 Å². The van der Waals surface area contributed by atoms with Gasteiger partial charge in [-0.05, 0) is 49.9 Å². The van der Waals surface area contributed by atoms with E-state index < -0.39 is 6.10 Å². The molecule has 1 aromatic heterocycles. The molecule has 0 unspecified atom stereocenters. The SMILES string of the molecule is O=C(N[C@H]1C[C@H]2CNC[C@H]2C[C@@H]1O)c1cccc2ncsc12. The summed E-state index contributed by atoms with van der Waals surface area (Å²) in [5, 5.41) is 16.8. The summed E-state index contributed by atoms with van der Waals surface area (Å²) in [5.74, 6) is 1.00. The molecule has 0 bridgehead atoms. The highest BCUT2D eigenvalue weighted by atomic mass is 32.1. The highest BCUT2D eigenvalue weighted by Crippen LogP contribution is 2.33. The summed E-state index contributed by atoms with van der Waals surface area (Å²) in [6, 6.07) is 5.43. The van der Waals surface area contributed by atoms with Crippen molar-refractivity contribution in [1.29, 1.82) is 0 Å². The molecule has 2 aliphatic rings. The zero-order valence-corrected chi connectivity index (χ0v) is 13.0. The van der Waals surface area contributed by atoms with Crippen LogP contribution in [0.1, 0.15) is 23.2 Å². The molecule has 1 aromatic carbocycles. The number of aliphatic hydroxyl groups excluding tert-OH is 1. The summed E-state index contributed by atoms with van der Waals surface area (Å²) < 4.78 is 0.908. The van der Waals surface area contributed by atoms with Crippen molar-refractivity contribution in [2.24, 2.45) is 11.8 Å². The van der Waals surface area contributed by atoms with Crippen molar-refractivity contribution in [1.82, 2.24) is 15.6 Å². The average Bonchev–Trinajstić information content (AvgIpc) is 3.15. The lowest BCUT2D eigenvalue weighted by molar-refractivity contribution is 0.0462. The summed E-state index contributed by atoms with van der Waals surface area (Å²) >= 11 is 1.48. The number of thiazole rings is 1. The molecule has 5 nitrogen and oxygen atoms in total. The predicted octanol–water partition coefficient (Wildman–Crippen LogP) is 1.39. The Bertz CT molecular complexity index is 702.